The Balaban J connectivity index is 1.83. The molecule has 0 heterocycles. The SMILES string of the molecule is CCCCC(=O)N(Cc1ccc(-c2ccc(C(=O)O)cc2C)cc1)C1(F)C=CC=CC1. The first-order valence-corrected chi connectivity index (χ1v) is 10.6. The number of alkyl halides is 1. The molecule has 0 radical (unpaired) electrons. The molecule has 3 rings (SSSR count). The molecule has 1 atom stereocenters. The lowest BCUT2D eigenvalue weighted by Crippen LogP contribution is -2.47. The number of benzene rings is 2. The second-order valence-corrected chi connectivity index (χ2v) is 7.93. The van der Waals surface area contributed by atoms with Gasteiger partial charge in [-0.2, -0.15) is 0 Å². The third kappa shape index (κ3) is 5.29. The maximum atomic E-state index is 15.6. The molecule has 4 nitrogen and oxygen atoms in total. The number of rotatable bonds is 8. The molecule has 2 aromatic carbocycles. The number of amides is 1. The van der Waals surface area contributed by atoms with Crippen LogP contribution in [0.4, 0.5) is 4.39 Å². The Labute approximate surface area is 182 Å². The van der Waals surface area contributed by atoms with Crippen LogP contribution in [0.15, 0.2) is 66.8 Å². The highest BCUT2D eigenvalue weighted by atomic mass is 19.1. The normalized spacial score (nSPS) is 17.5. The maximum Gasteiger partial charge on any atom is 0.335 e. The molecule has 31 heavy (non-hydrogen) atoms. The Morgan fingerprint density at radius 1 is 1.13 bits per heavy atom. The van der Waals surface area contributed by atoms with E-state index in [0.717, 1.165) is 35.1 Å². The summed E-state index contributed by atoms with van der Waals surface area (Å²) in [5.41, 5.74) is 3.84. The van der Waals surface area contributed by atoms with E-state index in [0.29, 0.717) is 6.42 Å². The summed E-state index contributed by atoms with van der Waals surface area (Å²) in [6.45, 7) is 4.07. The van der Waals surface area contributed by atoms with Gasteiger partial charge in [0.25, 0.3) is 0 Å². The third-order valence-corrected chi connectivity index (χ3v) is 5.58. The van der Waals surface area contributed by atoms with Crippen LogP contribution in [0.1, 0.15) is 54.1 Å². The Morgan fingerprint density at radius 3 is 2.45 bits per heavy atom. The number of hydrogen-bond acceptors (Lipinski definition) is 2. The molecular formula is C26H28FNO3. The fraction of sp³-hybridized carbons (Fsp3) is 0.308. The number of carboxylic acid groups (broad SMARTS) is 1. The Morgan fingerprint density at radius 2 is 1.87 bits per heavy atom. The predicted octanol–water partition coefficient (Wildman–Crippen LogP) is 6.06. The third-order valence-electron chi connectivity index (χ3n) is 5.58. The summed E-state index contributed by atoms with van der Waals surface area (Å²) >= 11 is 0. The van der Waals surface area contributed by atoms with E-state index in [-0.39, 0.29) is 24.4 Å². The average molecular weight is 422 g/mol. The lowest BCUT2D eigenvalue weighted by molar-refractivity contribution is -0.143. The van der Waals surface area contributed by atoms with Crippen LogP contribution in [0, 0.1) is 6.92 Å². The lowest BCUT2D eigenvalue weighted by Gasteiger charge is -2.36. The number of allylic oxidation sites excluding steroid dienone is 2. The van der Waals surface area contributed by atoms with Crippen LogP contribution >= 0.6 is 0 Å². The van der Waals surface area contributed by atoms with Crippen molar-refractivity contribution in [3.05, 3.63) is 83.5 Å². The minimum atomic E-state index is -1.82. The summed E-state index contributed by atoms with van der Waals surface area (Å²) in [5.74, 6) is -2.96. The molecular weight excluding hydrogens is 393 g/mol. The zero-order chi connectivity index (χ0) is 22.4. The molecule has 0 saturated heterocycles. The average Bonchev–Trinajstić information content (AvgIpc) is 2.76. The first kappa shape index (κ1) is 22.5. The minimum absolute atomic E-state index is 0.147. The molecule has 1 N–H and O–H groups in total. The molecule has 0 bridgehead atoms. The molecule has 0 aliphatic heterocycles. The van der Waals surface area contributed by atoms with E-state index < -0.39 is 11.8 Å². The number of carboxylic acids is 1. The summed E-state index contributed by atoms with van der Waals surface area (Å²) in [6.07, 6.45) is 8.72. The minimum Gasteiger partial charge on any atom is -0.478 e. The molecule has 0 saturated carbocycles. The molecule has 1 aliphatic rings. The van der Waals surface area contributed by atoms with Crippen LogP contribution in [0.25, 0.3) is 11.1 Å². The number of carbonyl (C=O) groups excluding carboxylic acids is 1. The maximum absolute atomic E-state index is 15.6. The van der Waals surface area contributed by atoms with Crippen LogP contribution < -0.4 is 0 Å². The molecule has 1 unspecified atom stereocenters. The van der Waals surface area contributed by atoms with Crippen molar-refractivity contribution < 1.29 is 19.1 Å². The molecule has 162 valence electrons. The van der Waals surface area contributed by atoms with Gasteiger partial charge in [0.15, 0.2) is 0 Å². The van der Waals surface area contributed by atoms with E-state index in [1.54, 1.807) is 36.4 Å². The Hall–Kier alpha value is -3.21. The van der Waals surface area contributed by atoms with E-state index >= 15 is 4.39 Å². The van der Waals surface area contributed by atoms with Crippen molar-refractivity contribution in [2.24, 2.45) is 0 Å². The van der Waals surface area contributed by atoms with Gasteiger partial charge < -0.3 is 10.0 Å². The van der Waals surface area contributed by atoms with Crippen LogP contribution in [0.5, 0.6) is 0 Å². The van der Waals surface area contributed by atoms with Gasteiger partial charge in [0.05, 0.1) is 5.56 Å². The summed E-state index contributed by atoms with van der Waals surface area (Å²) < 4.78 is 15.6. The highest BCUT2D eigenvalue weighted by molar-refractivity contribution is 5.89. The molecule has 1 aliphatic carbocycles. The molecule has 0 fully saturated rings. The van der Waals surface area contributed by atoms with Gasteiger partial charge in [-0.15, -0.1) is 0 Å². The topological polar surface area (TPSA) is 57.6 Å². The second-order valence-electron chi connectivity index (χ2n) is 7.93. The van der Waals surface area contributed by atoms with Crippen LogP contribution in [0.3, 0.4) is 0 Å². The predicted molar refractivity (Wildman–Crippen MR) is 120 cm³/mol. The van der Waals surface area contributed by atoms with E-state index in [1.807, 2.05) is 38.1 Å². The lowest BCUT2D eigenvalue weighted by atomic mass is 9.97. The zero-order valence-corrected chi connectivity index (χ0v) is 18.0. The summed E-state index contributed by atoms with van der Waals surface area (Å²) in [5, 5.41) is 9.15. The highest BCUT2D eigenvalue weighted by Gasteiger charge is 2.37. The van der Waals surface area contributed by atoms with E-state index in [1.165, 1.54) is 11.0 Å². The van der Waals surface area contributed by atoms with Gasteiger partial charge >= 0.3 is 5.97 Å². The van der Waals surface area contributed by atoms with Gasteiger partial charge in [-0.1, -0.05) is 61.9 Å². The first-order chi connectivity index (χ1) is 14.8. The van der Waals surface area contributed by atoms with Crippen LogP contribution in [-0.4, -0.2) is 27.7 Å². The van der Waals surface area contributed by atoms with E-state index in [2.05, 4.69) is 0 Å². The van der Waals surface area contributed by atoms with Crippen molar-refractivity contribution in [3.8, 4) is 11.1 Å². The summed E-state index contributed by atoms with van der Waals surface area (Å²) in [6, 6.07) is 12.7. The smallest absolute Gasteiger partial charge is 0.335 e. The van der Waals surface area contributed by atoms with Crippen LogP contribution in [0.2, 0.25) is 0 Å². The van der Waals surface area contributed by atoms with Gasteiger partial charge in [0.2, 0.25) is 11.7 Å². The van der Waals surface area contributed by atoms with Crippen molar-refractivity contribution in [3.63, 3.8) is 0 Å². The van der Waals surface area contributed by atoms with Crippen molar-refractivity contribution >= 4 is 11.9 Å². The standard InChI is InChI=1S/C26H28FNO3/c1-3-4-8-24(29)28(26(27)15-6-5-7-16-26)18-20-9-11-21(12-10-20)23-14-13-22(25(30)31)17-19(23)2/h5-7,9-15,17H,3-4,8,16,18H2,1-2H3,(H,30,31). The number of hydrogen-bond donors (Lipinski definition) is 1. The first-order valence-electron chi connectivity index (χ1n) is 10.6. The van der Waals surface area contributed by atoms with Crippen molar-refractivity contribution in [2.75, 3.05) is 0 Å². The zero-order valence-electron chi connectivity index (χ0n) is 18.0. The highest BCUT2D eigenvalue weighted by Crippen LogP contribution is 2.31. The fourth-order valence-electron chi connectivity index (χ4n) is 3.77. The molecule has 5 heteroatoms. The number of carbonyl (C=O) groups is 2. The fourth-order valence-corrected chi connectivity index (χ4v) is 3.77. The summed E-state index contributed by atoms with van der Waals surface area (Å²) in [7, 11) is 0. The molecule has 0 aromatic heterocycles. The van der Waals surface area contributed by atoms with Gasteiger partial charge in [0.1, 0.15) is 0 Å². The van der Waals surface area contributed by atoms with E-state index in [9.17, 15) is 9.59 Å². The number of aromatic carboxylic acids is 1. The Bertz CT molecular complexity index is 1010. The van der Waals surface area contributed by atoms with Gasteiger partial charge in [-0.25, -0.2) is 9.18 Å². The number of nitrogens with zero attached hydrogens (tertiary/aromatic N) is 1. The molecule has 0 spiro atoms. The van der Waals surface area contributed by atoms with Crippen molar-refractivity contribution in [1.29, 1.82) is 0 Å². The van der Waals surface area contributed by atoms with Crippen molar-refractivity contribution in [2.45, 2.75) is 51.9 Å². The van der Waals surface area contributed by atoms with Gasteiger partial charge in [-0.05, 0) is 53.8 Å². The van der Waals surface area contributed by atoms with Crippen LogP contribution in [-0.2, 0) is 11.3 Å². The summed E-state index contributed by atoms with van der Waals surface area (Å²) in [4.78, 5) is 25.3. The quantitative estimate of drug-likeness (QED) is 0.527. The largest absolute Gasteiger partial charge is 0.478 e. The van der Waals surface area contributed by atoms with Crippen molar-refractivity contribution in [1.82, 2.24) is 4.90 Å². The Kier molecular flexibility index (Phi) is 7.06. The second kappa shape index (κ2) is 9.73. The number of halogens is 1. The molecule has 2 aromatic rings. The van der Waals surface area contributed by atoms with E-state index in [4.69, 9.17) is 5.11 Å². The monoisotopic (exact) mass is 421 g/mol. The van der Waals surface area contributed by atoms with Gasteiger partial charge in [0, 0.05) is 19.4 Å². The number of aryl methyl sites for hydroxylation is 1. The number of unbranched alkanes of at least 4 members (excludes halogenated alkanes) is 1. The molecule has 1 amide bonds. The van der Waals surface area contributed by atoms with Gasteiger partial charge in [-0.3, -0.25) is 4.79 Å².